The number of carboxylic acid groups (broad SMARTS) is 1. The van der Waals surface area contributed by atoms with Gasteiger partial charge in [-0.25, -0.2) is 9.59 Å². The highest BCUT2D eigenvalue weighted by Crippen LogP contribution is 2.00. The van der Waals surface area contributed by atoms with E-state index in [2.05, 4.69) is 14.8 Å². The topological polar surface area (TPSA) is 128 Å². The molecule has 0 aromatic carbocycles. The zero-order chi connectivity index (χ0) is 14.7. The van der Waals surface area contributed by atoms with Crippen LogP contribution < -0.4 is 11.1 Å². The predicted octanol–water partition coefficient (Wildman–Crippen LogP) is -0.366. The molecule has 2 amide bonds. The van der Waals surface area contributed by atoms with Crippen LogP contribution in [0.2, 0.25) is 0 Å². The molecule has 19 heavy (non-hydrogen) atoms. The van der Waals surface area contributed by atoms with Gasteiger partial charge in [0.1, 0.15) is 12.6 Å². The molecule has 0 aliphatic carbocycles. The summed E-state index contributed by atoms with van der Waals surface area (Å²) in [5.41, 5.74) is 4.87. The monoisotopic (exact) mass is 274 g/mol. The zero-order valence-electron chi connectivity index (χ0n) is 10.6. The van der Waals surface area contributed by atoms with Gasteiger partial charge in [-0.1, -0.05) is 6.08 Å². The Morgan fingerprint density at radius 2 is 2.05 bits per heavy atom. The van der Waals surface area contributed by atoms with Crippen molar-refractivity contribution in [2.45, 2.75) is 18.9 Å². The smallest absolute Gasteiger partial charge is 0.407 e. The first-order chi connectivity index (χ1) is 8.97. The van der Waals surface area contributed by atoms with E-state index in [1.54, 1.807) is 0 Å². The molecule has 0 radical (unpaired) electrons. The first-order valence-electron chi connectivity index (χ1n) is 5.58. The minimum Gasteiger partial charge on any atom is -0.480 e. The SMILES string of the molecule is COCCOC(=O)N[C@@H](CC/C=C/C(N)=O)C(=O)O. The lowest BCUT2D eigenvalue weighted by Crippen LogP contribution is -2.41. The van der Waals surface area contributed by atoms with Crippen molar-refractivity contribution in [1.82, 2.24) is 5.32 Å². The van der Waals surface area contributed by atoms with Gasteiger partial charge in [0.25, 0.3) is 0 Å². The van der Waals surface area contributed by atoms with Crippen molar-refractivity contribution in [3.63, 3.8) is 0 Å². The molecule has 0 aliphatic rings. The molecule has 4 N–H and O–H groups in total. The molecule has 0 unspecified atom stereocenters. The number of carboxylic acids is 1. The standard InChI is InChI=1S/C11H18N2O6/c1-18-6-7-19-11(17)13-8(10(15)16)4-2-3-5-9(12)14/h3,5,8H,2,4,6-7H2,1H3,(H2,12,14)(H,13,17)(H,15,16)/b5-3+/t8-/m0/s1. The summed E-state index contributed by atoms with van der Waals surface area (Å²) >= 11 is 0. The van der Waals surface area contributed by atoms with Crippen molar-refractivity contribution in [3.05, 3.63) is 12.2 Å². The van der Waals surface area contributed by atoms with E-state index in [1.807, 2.05) is 0 Å². The molecule has 0 spiro atoms. The number of alkyl carbamates (subject to hydrolysis) is 1. The van der Waals surface area contributed by atoms with Gasteiger partial charge >= 0.3 is 12.1 Å². The molecule has 0 aromatic rings. The number of nitrogens with one attached hydrogen (secondary N) is 1. The molecule has 8 heteroatoms. The van der Waals surface area contributed by atoms with E-state index >= 15 is 0 Å². The molecular weight excluding hydrogens is 256 g/mol. The van der Waals surface area contributed by atoms with Gasteiger partial charge in [-0.3, -0.25) is 4.79 Å². The number of nitrogens with two attached hydrogens (primary N) is 1. The average Bonchev–Trinajstić information content (AvgIpc) is 2.32. The summed E-state index contributed by atoms with van der Waals surface area (Å²) in [6, 6.07) is -1.09. The minimum atomic E-state index is -1.18. The van der Waals surface area contributed by atoms with E-state index in [0.717, 1.165) is 6.08 Å². The highest BCUT2D eigenvalue weighted by molar-refractivity contribution is 5.85. The van der Waals surface area contributed by atoms with Gasteiger partial charge in [0.05, 0.1) is 6.61 Å². The Bertz CT molecular complexity index is 342. The number of hydrogen-bond donors (Lipinski definition) is 3. The van der Waals surface area contributed by atoms with E-state index in [9.17, 15) is 14.4 Å². The third-order valence-corrected chi connectivity index (χ3v) is 2.01. The van der Waals surface area contributed by atoms with E-state index in [4.69, 9.17) is 10.8 Å². The van der Waals surface area contributed by atoms with E-state index in [0.29, 0.717) is 0 Å². The third kappa shape index (κ3) is 9.60. The molecule has 8 nitrogen and oxygen atoms in total. The van der Waals surface area contributed by atoms with Crippen molar-refractivity contribution in [2.75, 3.05) is 20.3 Å². The molecule has 0 saturated carbocycles. The Labute approximate surface area is 110 Å². The first-order valence-corrected chi connectivity index (χ1v) is 5.58. The second kappa shape index (κ2) is 9.89. The molecule has 0 heterocycles. The van der Waals surface area contributed by atoms with Crippen LogP contribution in [0, 0.1) is 0 Å². The van der Waals surface area contributed by atoms with Gasteiger partial charge in [-0.2, -0.15) is 0 Å². The van der Waals surface area contributed by atoms with Crippen LogP contribution in [0.5, 0.6) is 0 Å². The van der Waals surface area contributed by atoms with Crippen LogP contribution in [0.1, 0.15) is 12.8 Å². The lowest BCUT2D eigenvalue weighted by atomic mass is 10.1. The Balaban J connectivity index is 4.08. The number of amides is 2. The Morgan fingerprint density at radius 1 is 1.37 bits per heavy atom. The second-order valence-corrected chi connectivity index (χ2v) is 3.55. The number of rotatable bonds is 9. The quantitative estimate of drug-likeness (QED) is 0.389. The number of primary amides is 1. The molecule has 1 atom stereocenters. The molecule has 0 bridgehead atoms. The van der Waals surface area contributed by atoms with Crippen molar-refractivity contribution in [3.8, 4) is 0 Å². The van der Waals surface area contributed by atoms with Gasteiger partial charge in [0.2, 0.25) is 5.91 Å². The summed E-state index contributed by atoms with van der Waals surface area (Å²) in [7, 11) is 1.45. The Morgan fingerprint density at radius 3 is 2.58 bits per heavy atom. The van der Waals surface area contributed by atoms with Crippen molar-refractivity contribution >= 4 is 18.0 Å². The van der Waals surface area contributed by atoms with E-state index in [1.165, 1.54) is 13.2 Å². The number of aliphatic carboxylic acids is 1. The molecule has 0 rings (SSSR count). The maximum atomic E-state index is 11.2. The Hall–Kier alpha value is -2.09. The van der Waals surface area contributed by atoms with Gasteiger partial charge in [-0.15, -0.1) is 0 Å². The Kier molecular flexibility index (Phi) is 8.80. The molecule has 0 fully saturated rings. The van der Waals surface area contributed by atoms with Crippen LogP contribution in [-0.4, -0.2) is 49.4 Å². The fourth-order valence-electron chi connectivity index (χ4n) is 1.12. The van der Waals surface area contributed by atoms with Crippen LogP contribution in [0.3, 0.4) is 0 Å². The molecule has 108 valence electrons. The number of methoxy groups -OCH3 is 1. The summed E-state index contributed by atoms with van der Waals surface area (Å²) in [5, 5.41) is 11.1. The highest BCUT2D eigenvalue weighted by atomic mass is 16.6. The number of carbonyl (C=O) groups excluding carboxylic acids is 2. The summed E-state index contributed by atoms with van der Waals surface area (Å²) < 4.78 is 9.35. The van der Waals surface area contributed by atoms with Crippen LogP contribution >= 0.6 is 0 Å². The summed E-state index contributed by atoms with van der Waals surface area (Å²) in [6.45, 7) is 0.267. The van der Waals surface area contributed by atoms with Crippen LogP contribution in [0.25, 0.3) is 0 Å². The average molecular weight is 274 g/mol. The van der Waals surface area contributed by atoms with Gasteiger partial charge in [0, 0.05) is 7.11 Å². The van der Waals surface area contributed by atoms with Crippen LogP contribution in [0.15, 0.2) is 12.2 Å². The molecule has 0 aromatic heterocycles. The number of allylic oxidation sites excluding steroid dienone is 1. The molecular formula is C11H18N2O6. The maximum absolute atomic E-state index is 11.2. The largest absolute Gasteiger partial charge is 0.480 e. The normalized spacial score (nSPS) is 12.1. The van der Waals surface area contributed by atoms with E-state index in [-0.39, 0.29) is 26.1 Å². The summed E-state index contributed by atoms with van der Waals surface area (Å²) in [4.78, 5) is 32.5. The molecule has 0 saturated heterocycles. The van der Waals surface area contributed by atoms with E-state index < -0.39 is 24.0 Å². The number of hydrogen-bond acceptors (Lipinski definition) is 5. The van der Waals surface area contributed by atoms with Crippen molar-refractivity contribution < 1.29 is 29.0 Å². The lowest BCUT2D eigenvalue weighted by Gasteiger charge is -2.13. The molecule has 0 aliphatic heterocycles. The fraction of sp³-hybridized carbons (Fsp3) is 0.545. The predicted molar refractivity (Wildman–Crippen MR) is 65.4 cm³/mol. The second-order valence-electron chi connectivity index (χ2n) is 3.55. The van der Waals surface area contributed by atoms with Crippen LogP contribution in [0.4, 0.5) is 4.79 Å². The third-order valence-electron chi connectivity index (χ3n) is 2.01. The summed E-state index contributed by atoms with van der Waals surface area (Å²) in [5.74, 6) is -1.80. The maximum Gasteiger partial charge on any atom is 0.407 e. The number of ether oxygens (including phenoxy) is 2. The van der Waals surface area contributed by atoms with Crippen molar-refractivity contribution in [2.24, 2.45) is 5.73 Å². The van der Waals surface area contributed by atoms with Gasteiger partial charge < -0.3 is 25.6 Å². The lowest BCUT2D eigenvalue weighted by molar-refractivity contribution is -0.139. The fourth-order valence-corrected chi connectivity index (χ4v) is 1.12. The van der Waals surface area contributed by atoms with Gasteiger partial charge in [-0.05, 0) is 18.9 Å². The highest BCUT2D eigenvalue weighted by Gasteiger charge is 2.19. The van der Waals surface area contributed by atoms with Crippen molar-refractivity contribution in [1.29, 1.82) is 0 Å². The minimum absolute atomic E-state index is 0.0379. The summed E-state index contributed by atoms with van der Waals surface area (Å²) in [6.07, 6.45) is 2.16. The zero-order valence-corrected chi connectivity index (χ0v) is 10.6. The first kappa shape index (κ1) is 16.9. The van der Waals surface area contributed by atoms with Crippen LogP contribution in [-0.2, 0) is 19.1 Å². The van der Waals surface area contributed by atoms with Gasteiger partial charge in [0.15, 0.2) is 0 Å². The number of carbonyl (C=O) groups is 3.